The van der Waals surface area contributed by atoms with E-state index in [9.17, 15) is 9.59 Å². The molecule has 2 aliphatic heterocycles. The molecule has 0 bridgehead atoms. The Bertz CT molecular complexity index is 550. The lowest BCUT2D eigenvalue weighted by molar-refractivity contribution is -0.117. The second-order valence-corrected chi connectivity index (χ2v) is 5.42. The molecule has 1 fully saturated rings. The van der Waals surface area contributed by atoms with E-state index in [1.54, 1.807) is 23.1 Å². The highest BCUT2D eigenvalue weighted by Gasteiger charge is 2.28. The van der Waals surface area contributed by atoms with Gasteiger partial charge in [0.2, 0.25) is 5.91 Å². The molecule has 1 saturated heterocycles. The van der Waals surface area contributed by atoms with Gasteiger partial charge in [0.15, 0.2) is 0 Å². The molecule has 20 heavy (non-hydrogen) atoms. The number of nitrogens with zero attached hydrogens (tertiary/aromatic N) is 2. The Balaban J connectivity index is 1.77. The molecule has 1 aromatic carbocycles. The zero-order valence-corrected chi connectivity index (χ0v) is 11.3. The molecule has 0 unspecified atom stereocenters. The molecule has 1 amide bonds. The topological polar surface area (TPSA) is 60.9 Å². The Hall–Kier alpha value is -1.88. The Morgan fingerprint density at radius 3 is 2.65 bits per heavy atom. The smallest absolute Gasteiger partial charge is 0.335 e. The first kappa shape index (κ1) is 13.1. The second kappa shape index (κ2) is 5.25. The number of hydrogen-bond donors (Lipinski definition) is 1. The first-order chi connectivity index (χ1) is 9.65. The van der Waals surface area contributed by atoms with Crippen molar-refractivity contribution in [2.24, 2.45) is 0 Å². The molecular weight excluding hydrogens is 256 g/mol. The van der Waals surface area contributed by atoms with Gasteiger partial charge in [-0.05, 0) is 43.6 Å². The number of hydrogen-bond acceptors (Lipinski definition) is 3. The molecule has 3 rings (SSSR count). The third-order valence-corrected chi connectivity index (χ3v) is 4.10. The van der Waals surface area contributed by atoms with Gasteiger partial charge in [0.05, 0.1) is 12.0 Å². The van der Waals surface area contributed by atoms with Crippen molar-refractivity contribution in [3.63, 3.8) is 0 Å². The summed E-state index contributed by atoms with van der Waals surface area (Å²) in [5, 5.41) is 9.06. The van der Waals surface area contributed by atoms with E-state index < -0.39 is 5.97 Å². The minimum absolute atomic E-state index is 0.0711. The average Bonchev–Trinajstić information content (AvgIpc) is 3.02. The molecule has 0 atom stereocenters. The predicted molar refractivity (Wildman–Crippen MR) is 75.1 cm³/mol. The van der Waals surface area contributed by atoms with Crippen molar-refractivity contribution in [3.8, 4) is 0 Å². The Labute approximate surface area is 117 Å². The van der Waals surface area contributed by atoms with Crippen molar-refractivity contribution in [2.45, 2.75) is 19.3 Å². The number of carboxylic acid groups (broad SMARTS) is 1. The lowest BCUT2D eigenvalue weighted by atomic mass is 10.1. The molecule has 0 aliphatic carbocycles. The molecule has 1 aromatic rings. The van der Waals surface area contributed by atoms with Crippen molar-refractivity contribution < 1.29 is 14.7 Å². The number of fused-ring (bicyclic) bond motifs is 1. The van der Waals surface area contributed by atoms with Gasteiger partial charge in [-0.1, -0.05) is 6.07 Å². The summed E-state index contributed by atoms with van der Waals surface area (Å²) in [6.07, 6.45) is 2.84. The van der Waals surface area contributed by atoms with Gasteiger partial charge >= 0.3 is 5.97 Å². The van der Waals surface area contributed by atoms with Gasteiger partial charge in [0.25, 0.3) is 0 Å². The van der Waals surface area contributed by atoms with Crippen LogP contribution in [-0.2, 0) is 11.2 Å². The molecule has 0 saturated carbocycles. The van der Waals surface area contributed by atoms with Gasteiger partial charge in [-0.15, -0.1) is 0 Å². The van der Waals surface area contributed by atoms with E-state index in [4.69, 9.17) is 5.11 Å². The average molecular weight is 274 g/mol. The highest BCUT2D eigenvalue weighted by molar-refractivity contribution is 6.03. The van der Waals surface area contributed by atoms with Crippen LogP contribution in [0.25, 0.3) is 0 Å². The van der Waals surface area contributed by atoms with Crippen LogP contribution in [0.5, 0.6) is 0 Å². The molecule has 2 aliphatic rings. The zero-order valence-electron chi connectivity index (χ0n) is 11.3. The summed E-state index contributed by atoms with van der Waals surface area (Å²) in [5.41, 5.74) is 1.94. The first-order valence-corrected chi connectivity index (χ1v) is 7.04. The number of carbonyl (C=O) groups excluding carboxylic acids is 1. The summed E-state index contributed by atoms with van der Waals surface area (Å²) in [6, 6.07) is 4.94. The number of rotatable bonds is 4. The highest BCUT2D eigenvalue weighted by Crippen LogP contribution is 2.29. The van der Waals surface area contributed by atoms with Crippen LogP contribution in [-0.4, -0.2) is 48.1 Å². The van der Waals surface area contributed by atoms with Crippen LogP contribution in [0.4, 0.5) is 5.69 Å². The Morgan fingerprint density at radius 2 is 1.95 bits per heavy atom. The van der Waals surface area contributed by atoms with Crippen molar-refractivity contribution >= 4 is 17.6 Å². The fraction of sp³-hybridized carbons (Fsp3) is 0.467. The molecule has 2 heterocycles. The fourth-order valence-electron chi connectivity index (χ4n) is 2.98. The van der Waals surface area contributed by atoms with Crippen molar-refractivity contribution in [1.29, 1.82) is 0 Å². The van der Waals surface area contributed by atoms with Crippen molar-refractivity contribution in [2.75, 3.05) is 31.1 Å². The Morgan fingerprint density at radius 1 is 1.20 bits per heavy atom. The van der Waals surface area contributed by atoms with E-state index in [-0.39, 0.29) is 11.5 Å². The number of benzene rings is 1. The molecule has 0 aromatic heterocycles. The van der Waals surface area contributed by atoms with Crippen LogP contribution in [0, 0.1) is 0 Å². The van der Waals surface area contributed by atoms with Gasteiger partial charge in [-0.25, -0.2) is 4.79 Å². The van der Waals surface area contributed by atoms with E-state index >= 15 is 0 Å². The van der Waals surface area contributed by atoms with Gasteiger partial charge in [0.1, 0.15) is 0 Å². The molecule has 5 nitrogen and oxygen atoms in total. The molecule has 106 valence electrons. The third-order valence-electron chi connectivity index (χ3n) is 4.10. The maximum absolute atomic E-state index is 12.1. The molecule has 0 spiro atoms. The summed E-state index contributed by atoms with van der Waals surface area (Å²) < 4.78 is 0. The van der Waals surface area contributed by atoms with E-state index in [1.807, 2.05) is 0 Å². The Kier molecular flexibility index (Phi) is 3.44. The highest BCUT2D eigenvalue weighted by atomic mass is 16.4. The van der Waals surface area contributed by atoms with Crippen LogP contribution in [0.2, 0.25) is 0 Å². The largest absolute Gasteiger partial charge is 0.478 e. The van der Waals surface area contributed by atoms with Gasteiger partial charge < -0.3 is 14.9 Å². The molecule has 1 N–H and O–H groups in total. The van der Waals surface area contributed by atoms with Crippen LogP contribution >= 0.6 is 0 Å². The second-order valence-electron chi connectivity index (χ2n) is 5.42. The van der Waals surface area contributed by atoms with Crippen molar-refractivity contribution in [3.05, 3.63) is 29.3 Å². The van der Waals surface area contributed by atoms with Gasteiger partial charge in [-0.2, -0.15) is 0 Å². The number of likely N-dealkylation sites (tertiary alicyclic amines) is 1. The third kappa shape index (κ3) is 2.41. The summed E-state index contributed by atoms with van der Waals surface area (Å²) in [4.78, 5) is 27.2. The van der Waals surface area contributed by atoms with Crippen LogP contribution in [0.3, 0.4) is 0 Å². The van der Waals surface area contributed by atoms with Gasteiger partial charge in [-0.3, -0.25) is 4.79 Å². The number of amides is 1. The lowest BCUT2D eigenvalue weighted by Gasteiger charge is -2.22. The van der Waals surface area contributed by atoms with Gasteiger partial charge in [0, 0.05) is 18.8 Å². The predicted octanol–water partition coefficient (Wildman–Crippen LogP) is 1.37. The van der Waals surface area contributed by atoms with Crippen LogP contribution in [0.1, 0.15) is 28.8 Å². The van der Waals surface area contributed by atoms with E-state index in [2.05, 4.69) is 4.90 Å². The standard InChI is InChI=1S/C15H18N2O3/c18-14-10-11-3-4-12(15(19)20)9-13(11)17(14)8-7-16-5-1-2-6-16/h3-4,9H,1-2,5-8,10H2,(H,19,20). The summed E-state index contributed by atoms with van der Waals surface area (Å²) in [5.74, 6) is -0.881. The van der Waals surface area contributed by atoms with E-state index in [0.29, 0.717) is 13.0 Å². The summed E-state index contributed by atoms with van der Waals surface area (Å²) >= 11 is 0. The number of carbonyl (C=O) groups is 2. The van der Waals surface area contributed by atoms with Crippen molar-refractivity contribution in [1.82, 2.24) is 4.90 Å². The quantitative estimate of drug-likeness (QED) is 0.901. The fourth-order valence-corrected chi connectivity index (χ4v) is 2.98. The maximum atomic E-state index is 12.1. The summed E-state index contributed by atoms with van der Waals surface area (Å²) in [7, 11) is 0. The van der Waals surface area contributed by atoms with Crippen LogP contribution < -0.4 is 4.90 Å². The SMILES string of the molecule is O=C(O)c1ccc2c(c1)N(CCN1CCCC1)C(=O)C2. The number of aromatic carboxylic acids is 1. The van der Waals surface area contributed by atoms with E-state index in [0.717, 1.165) is 30.9 Å². The number of anilines is 1. The minimum Gasteiger partial charge on any atom is -0.478 e. The minimum atomic E-state index is -0.952. The zero-order chi connectivity index (χ0) is 14.1. The molecule has 0 radical (unpaired) electrons. The van der Waals surface area contributed by atoms with E-state index in [1.165, 1.54) is 12.8 Å². The summed E-state index contributed by atoms with van der Waals surface area (Å²) in [6.45, 7) is 3.71. The first-order valence-electron chi connectivity index (χ1n) is 7.04. The van der Waals surface area contributed by atoms with Crippen LogP contribution in [0.15, 0.2) is 18.2 Å². The number of carboxylic acids is 1. The normalized spacial score (nSPS) is 18.6. The monoisotopic (exact) mass is 274 g/mol. The maximum Gasteiger partial charge on any atom is 0.335 e. The molecule has 5 heteroatoms. The molecular formula is C15H18N2O3. The lowest BCUT2D eigenvalue weighted by Crippen LogP contribution is -2.35.